The fourth-order valence-corrected chi connectivity index (χ4v) is 3.85. The van der Waals surface area contributed by atoms with Crippen LogP contribution in [0.4, 0.5) is 9.18 Å². The number of nitrogens with one attached hydrogen (secondary N) is 2. The molecule has 0 unspecified atom stereocenters. The number of urea groups is 1. The van der Waals surface area contributed by atoms with E-state index in [1.165, 1.54) is 24.3 Å². The van der Waals surface area contributed by atoms with Gasteiger partial charge in [-0.1, -0.05) is 43.3 Å². The number of nitrogens with zero attached hydrogens (tertiary/aromatic N) is 1. The van der Waals surface area contributed by atoms with E-state index in [9.17, 15) is 19.1 Å². The van der Waals surface area contributed by atoms with E-state index < -0.39 is 11.7 Å². The van der Waals surface area contributed by atoms with Crippen molar-refractivity contribution < 1.29 is 19.1 Å². The topological polar surface area (TPSA) is 81.7 Å². The van der Waals surface area contributed by atoms with Gasteiger partial charge >= 0.3 is 6.03 Å². The van der Waals surface area contributed by atoms with Gasteiger partial charge in [-0.05, 0) is 30.2 Å². The third-order valence-electron chi connectivity index (χ3n) is 5.23. The van der Waals surface area contributed by atoms with Crippen LogP contribution in [0.5, 0.6) is 0 Å². The number of aliphatic hydroxyl groups excluding tert-OH is 1. The number of aliphatic hydroxyl groups is 1. The molecule has 1 fully saturated rings. The summed E-state index contributed by atoms with van der Waals surface area (Å²) in [6.07, 6.45) is 0.798. The highest BCUT2D eigenvalue weighted by Gasteiger charge is 2.51. The van der Waals surface area contributed by atoms with Gasteiger partial charge in [0.15, 0.2) is 0 Å². The summed E-state index contributed by atoms with van der Waals surface area (Å²) in [6, 6.07) is 14.2. The minimum Gasteiger partial charge on any atom is -0.394 e. The van der Waals surface area contributed by atoms with Crippen molar-refractivity contribution in [3.63, 3.8) is 0 Å². The number of carbonyl (C=O) groups excluding carboxylic acids is 2. The van der Waals surface area contributed by atoms with Gasteiger partial charge in [0.25, 0.3) is 5.91 Å². The van der Waals surface area contributed by atoms with Gasteiger partial charge in [-0.2, -0.15) is 0 Å². The highest BCUT2D eigenvalue weighted by atomic mass is 19.1. The number of amides is 3. The average Bonchev–Trinajstić information content (AvgIpc) is 2.72. The summed E-state index contributed by atoms with van der Waals surface area (Å²) >= 11 is 0. The first-order valence-corrected chi connectivity index (χ1v) is 9.82. The second kappa shape index (κ2) is 9.52. The van der Waals surface area contributed by atoms with Crippen molar-refractivity contribution in [3.05, 3.63) is 71.5 Å². The lowest BCUT2D eigenvalue weighted by Crippen LogP contribution is -2.70. The van der Waals surface area contributed by atoms with Gasteiger partial charge in [0.2, 0.25) is 0 Å². The molecule has 0 aromatic heterocycles. The Hall–Kier alpha value is -2.93. The second-order valence-electron chi connectivity index (χ2n) is 7.11. The van der Waals surface area contributed by atoms with E-state index in [0.29, 0.717) is 6.54 Å². The van der Waals surface area contributed by atoms with Gasteiger partial charge in [0.1, 0.15) is 5.82 Å². The highest BCUT2D eigenvalue weighted by Crippen LogP contribution is 2.40. The maximum Gasteiger partial charge on any atom is 0.318 e. The Kier molecular flexibility index (Phi) is 6.82. The Balaban J connectivity index is 1.77. The smallest absolute Gasteiger partial charge is 0.318 e. The number of rotatable bonds is 7. The number of halogens is 1. The van der Waals surface area contributed by atoms with E-state index in [1.807, 2.05) is 37.3 Å². The van der Waals surface area contributed by atoms with Gasteiger partial charge in [-0.3, -0.25) is 4.79 Å². The van der Waals surface area contributed by atoms with Crippen molar-refractivity contribution >= 4 is 11.9 Å². The quantitative estimate of drug-likeness (QED) is 0.669. The van der Waals surface area contributed by atoms with Gasteiger partial charge in [-0.15, -0.1) is 0 Å². The summed E-state index contributed by atoms with van der Waals surface area (Å²) in [4.78, 5) is 26.7. The van der Waals surface area contributed by atoms with Crippen molar-refractivity contribution in [2.75, 3.05) is 19.7 Å². The molecule has 29 heavy (non-hydrogen) atoms. The molecule has 2 aromatic carbocycles. The van der Waals surface area contributed by atoms with Crippen LogP contribution in [0.15, 0.2) is 54.6 Å². The molecule has 0 saturated carbocycles. The summed E-state index contributed by atoms with van der Waals surface area (Å²) in [5, 5.41) is 15.6. The van der Waals surface area contributed by atoms with E-state index in [0.717, 1.165) is 12.0 Å². The van der Waals surface area contributed by atoms with Crippen molar-refractivity contribution in [1.29, 1.82) is 0 Å². The summed E-state index contributed by atoms with van der Waals surface area (Å²) in [6.45, 7) is 2.52. The Bertz CT molecular complexity index is 846. The zero-order chi connectivity index (χ0) is 20.8. The normalized spacial score (nSPS) is 20.7. The fourth-order valence-electron chi connectivity index (χ4n) is 3.85. The monoisotopic (exact) mass is 399 g/mol. The minimum atomic E-state index is -0.482. The fraction of sp³-hybridized carbons (Fsp3) is 0.364. The number of hydrogen-bond donors (Lipinski definition) is 3. The molecule has 2 aromatic rings. The molecule has 1 saturated heterocycles. The van der Waals surface area contributed by atoms with Gasteiger partial charge in [0, 0.05) is 24.6 Å². The van der Waals surface area contributed by atoms with E-state index in [2.05, 4.69) is 10.6 Å². The van der Waals surface area contributed by atoms with Gasteiger partial charge in [-0.25, -0.2) is 9.18 Å². The lowest BCUT2D eigenvalue weighted by atomic mass is 9.75. The molecular weight excluding hydrogens is 373 g/mol. The summed E-state index contributed by atoms with van der Waals surface area (Å²) in [7, 11) is 0. The van der Waals surface area contributed by atoms with E-state index in [-0.39, 0.29) is 42.7 Å². The minimum absolute atomic E-state index is 0.110. The molecule has 0 radical (unpaired) electrons. The van der Waals surface area contributed by atoms with E-state index >= 15 is 0 Å². The molecule has 0 aliphatic carbocycles. The highest BCUT2D eigenvalue weighted by molar-refractivity contribution is 5.94. The molecule has 1 aliphatic rings. The Morgan fingerprint density at radius 1 is 1.07 bits per heavy atom. The third-order valence-corrected chi connectivity index (χ3v) is 5.23. The predicted octanol–water partition coefficient (Wildman–Crippen LogP) is 2.50. The molecule has 6 nitrogen and oxygen atoms in total. The van der Waals surface area contributed by atoms with Crippen molar-refractivity contribution in [2.24, 2.45) is 0 Å². The molecule has 0 bridgehead atoms. The molecule has 3 amide bonds. The first-order chi connectivity index (χ1) is 14.1. The maximum atomic E-state index is 13.4. The zero-order valence-electron chi connectivity index (χ0n) is 16.3. The number of hydrogen-bond acceptors (Lipinski definition) is 3. The molecule has 1 aliphatic heterocycles. The van der Waals surface area contributed by atoms with Crippen LogP contribution in [0.25, 0.3) is 0 Å². The van der Waals surface area contributed by atoms with Crippen LogP contribution in [0.3, 0.4) is 0 Å². The lowest BCUT2D eigenvalue weighted by molar-refractivity contribution is -0.00687. The summed E-state index contributed by atoms with van der Waals surface area (Å²) in [5.41, 5.74) is 1.22. The Morgan fingerprint density at radius 3 is 2.48 bits per heavy atom. The maximum absolute atomic E-state index is 13.4. The van der Waals surface area contributed by atoms with Crippen LogP contribution in [0.1, 0.15) is 35.2 Å². The number of carbonyl (C=O) groups is 2. The molecule has 3 N–H and O–H groups in total. The molecule has 3 rings (SSSR count). The SMILES string of the molecule is CCCNC(=O)N1[C@H](CO)[C@@H](c2ccccc2)[C@@H]1CNC(=O)c1cccc(F)c1. The van der Waals surface area contributed by atoms with Gasteiger partial charge < -0.3 is 20.6 Å². The zero-order valence-corrected chi connectivity index (χ0v) is 16.3. The first kappa shape index (κ1) is 20.8. The number of benzene rings is 2. The Labute approximate surface area is 169 Å². The van der Waals surface area contributed by atoms with Crippen LogP contribution >= 0.6 is 0 Å². The Morgan fingerprint density at radius 2 is 1.83 bits per heavy atom. The molecule has 1 heterocycles. The van der Waals surface area contributed by atoms with Crippen LogP contribution in [0, 0.1) is 5.82 Å². The summed E-state index contributed by atoms with van der Waals surface area (Å²) < 4.78 is 13.4. The van der Waals surface area contributed by atoms with Crippen LogP contribution in [-0.4, -0.2) is 53.7 Å². The van der Waals surface area contributed by atoms with E-state index in [4.69, 9.17) is 0 Å². The summed E-state index contributed by atoms with van der Waals surface area (Å²) in [5.74, 6) is -0.997. The van der Waals surface area contributed by atoms with Crippen LogP contribution in [0.2, 0.25) is 0 Å². The van der Waals surface area contributed by atoms with Crippen molar-refractivity contribution in [1.82, 2.24) is 15.5 Å². The van der Waals surface area contributed by atoms with Crippen LogP contribution < -0.4 is 10.6 Å². The van der Waals surface area contributed by atoms with Crippen LogP contribution in [-0.2, 0) is 0 Å². The van der Waals surface area contributed by atoms with Crippen molar-refractivity contribution in [2.45, 2.75) is 31.3 Å². The molecule has 7 heteroatoms. The third kappa shape index (κ3) is 4.56. The first-order valence-electron chi connectivity index (χ1n) is 9.82. The van der Waals surface area contributed by atoms with E-state index in [1.54, 1.807) is 4.90 Å². The molecular formula is C22H26FN3O3. The largest absolute Gasteiger partial charge is 0.394 e. The van der Waals surface area contributed by atoms with Gasteiger partial charge in [0.05, 0.1) is 18.7 Å². The standard InChI is InChI=1S/C22H26FN3O3/c1-2-11-24-22(29)26-18(13-25-21(28)16-9-6-10-17(23)12-16)20(19(26)14-27)15-7-4-3-5-8-15/h3-10,12,18-20,27H,2,11,13-14H2,1H3,(H,24,29)(H,25,28)/t18-,19+,20-/m0/s1. The lowest BCUT2D eigenvalue weighted by Gasteiger charge is -2.54. The number of likely N-dealkylation sites (tertiary alicyclic amines) is 1. The molecule has 0 spiro atoms. The molecule has 154 valence electrons. The molecule has 3 atom stereocenters. The average molecular weight is 399 g/mol. The second-order valence-corrected chi connectivity index (χ2v) is 7.11. The predicted molar refractivity (Wildman–Crippen MR) is 108 cm³/mol. The van der Waals surface area contributed by atoms with Crippen molar-refractivity contribution in [3.8, 4) is 0 Å².